The van der Waals surface area contributed by atoms with E-state index in [2.05, 4.69) is 10.6 Å². The van der Waals surface area contributed by atoms with Crippen molar-refractivity contribution in [3.8, 4) is 23.0 Å². The lowest BCUT2D eigenvalue weighted by Gasteiger charge is -2.20. The van der Waals surface area contributed by atoms with Gasteiger partial charge in [-0.2, -0.15) is 0 Å². The zero-order chi connectivity index (χ0) is 23.5. The minimum atomic E-state index is -0.192. The Balaban J connectivity index is 1.92. The molecule has 0 aliphatic carbocycles. The molecule has 0 spiro atoms. The highest BCUT2D eigenvalue weighted by Crippen LogP contribution is 2.39. The fourth-order valence-electron chi connectivity index (χ4n) is 3.13. The number of hydrogen-bond donors (Lipinski definition) is 2. The van der Waals surface area contributed by atoms with Gasteiger partial charge in [-0.3, -0.25) is 14.5 Å². The largest absolute Gasteiger partial charge is 0.495 e. The van der Waals surface area contributed by atoms with Crippen LogP contribution in [0.1, 0.15) is 13.3 Å². The van der Waals surface area contributed by atoms with E-state index in [1.807, 2.05) is 24.0 Å². The van der Waals surface area contributed by atoms with Crippen LogP contribution < -0.4 is 29.6 Å². The molecule has 32 heavy (non-hydrogen) atoms. The van der Waals surface area contributed by atoms with Gasteiger partial charge in [0.25, 0.3) is 0 Å². The first-order valence-corrected chi connectivity index (χ1v) is 10.2. The highest BCUT2D eigenvalue weighted by atomic mass is 16.5. The summed E-state index contributed by atoms with van der Waals surface area (Å²) in [7, 11) is 6.09. The second-order valence-electron chi connectivity index (χ2n) is 6.83. The zero-order valence-electron chi connectivity index (χ0n) is 19.2. The van der Waals surface area contributed by atoms with Crippen molar-refractivity contribution in [2.24, 2.45) is 0 Å². The summed E-state index contributed by atoms with van der Waals surface area (Å²) in [6.07, 6.45) is 0.215. The molecule has 0 saturated heterocycles. The van der Waals surface area contributed by atoms with Gasteiger partial charge in [0.1, 0.15) is 5.75 Å². The molecule has 0 fully saturated rings. The lowest BCUT2D eigenvalue weighted by molar-refractivity contribution is -0.119. The number of amides is 2. The van der Waals surface area contributed by atoms with Gasteiger partial charge in [-0.1, -0.05) is 19.1 Å². The number of carbonyl (C=O) groups excluding carboxylic acids is 2. The zero-order valence-corrected chi connectivity index (χ0v) is 19.2. The molecule has 0 saturated carbocycles. The Morgan fingerprint density at radius 3 is 2.03 bits per heavy atom. The van der Waals surface area contributed by atoms with E-state index in [9.17, 15) is 9.59 Å². The summed E-state index contributed by atoms with van der Waals surface area (Å²) in [4.78, 5) is 26.8. The van der Waals surface area contributed by atoms with Crippen LogP contribution in [0.2, 0.25) is 0 Å². The lowest BCUT2D eigenvalue weighted by atomic mass is 10.2. The van der Waals surface area contributed by atoms with Crippen molar-refractivity contribution in [3.05, 3.63) is 36.4 Å². The van der Waals surface area contributed by atoms with E-state index in [0.717, 1.165) is 0 Å². The molecule has 174 valence electrons. The molecule has 2 N–H and O–H groups in total. The molecule has 2 aromatic carbocycles. The highest BCUT2D eigenvalue weighted by molar-refractivity contribution is 5.94. The molecule has 0 atom stereocenters. The number of benzene rings is 2. The summed E-state index contributed by atoms with van der Waals surface area (Å²) in [6.45, 7) is 3.14. The van der Waals surface area contributed by atoms with E-state index < -0.39 is 0 Å². The number of rotatable bonds is 12. The van der Waals surface area contributed by atoms with E-state index in [4.69, 9.17) is 18.9 Å². The Labute approximate surface area is 188 Å². The molecule has 9 heteroatoms. The van der Waals surface area contributed by atoms with Crippen LogP contribution >= 0.6 is 0 Å². The number of hydrogen-bond acceptors (Lipinski definition) is 7. The second-order valence-corrected chi connectivity index (χ2v) is 6.83. The number of nitrogens with zero attached hydrogens (tertiary/aromatic N) is 1. The van der Waals surface area contributed by atoms with Gasteiger partial charge in [-0.15, -0.1) is 0 Å². The van der Waals surface area contributed by atoms with Crippen LogP contribution in [0, 0.1) is 0 Å². The van der Waals surface area contributed by atoms with Crippen LogP contribution in [0.5, 0.6) is 23.0 Å². The van der Waals surface area contributed by atoms with Crippen molar-refractivity contribution in [2.75, 3.05) is 58.7 Å². The number of likely N-dealkylation sites (N-methyl/N-ethyl adjacent to an activating group) is 1. The molecule has 0 aliphatic heterocycles. The standard InChI is InChI=1S/C23H31N3O6/c1-6-26(15-22(28)25-17-9-7-8-10-18(17)29-2)12-11-21(27)24-16-13-19(30-3)23(32-5)20(14-16)31-4/h7-10,13-14H,6,11-12,15H2,1-5H3,(H,24,27)(H,25,28). The van der Waals surface area contributed by atoms with Crippen molar-refractivity contribution in [3.63, 3.8) is 0 Å². The third-order valence-corrected chi connectivity index (χ3v) is 4.80. The maximum Gasteiger partial charge on any atom is 0.238 e. The number of nitrogens with one attached hydrogen (secondary N) is 2. The number of methoxy groups -OCH3 is 4. The molecule has 0 heterocycles. The van der Waals surface area contributed by atoms with E-state index in [-0.39, 0.29) is 24.8 Å². The van der Waals surface area contributed by atoms with Crippen LogP contribution in [0.4, 0.5) is 11.4 Å². The topological polar surface area (TPSA) is 98.4 Å². The maximum atomic E-state index is 12.5. The molecule has 0 aliphatic rings. The second kappa shape index (κ2) is 12.4. The van der Waals surface area contributed by atoms with Crippen molar-refractivity contribution in [2.45, 2.75) is 13.3 Å². The fraction of sp³-hybridized carbons (Fsp3) is 0.391. The summed E-state index contributed by atoms with van der Waals surface area (Å²) in [6, 6.07) is 10.5. The van der Waals surface area contributed by atoms with Gasteiger partial charge in [-0.25, -0.2) is 0 Å². The minimum Gasteiger partial charge on any atom is -0.495 e. The van der Waals surface area contributed by atoms with Crippen molar-refractivity contribution in [1.82, 2.24) is 4.90 Å². The van der Waals surface area contributed by atoms with E-state index in [1.54, 1.807) is 31.4 Å². The number of carbonyl (C=O) groups is 2. The maximum absolute atomic E-state index is 12.5. The Kier molecular flexibility index (Phi) is 9.62. The molecule has 2 amide bonds. The summed E-state index contributed by atoms with van der Waals surface area (Å²) in [5.41, 5.74) is 1.14. The average Bonchev–Trinajstić information content (AvgIpc) is 2.81. The molecular formula is C23H31N3O6. The first-order chi connectivity index (χ1) is 15.4. The molecular weight excluding hydrogens is 414 g/mol. The summed E-state index contributed by atoms with van der Waals surface area (Å²) in [5.74, 6) is 1.57. The van der Waals surface area contributed by atoms with Crippen molar-refractivity contribution in [1.29, 1.82) is 0 Å². The third kappa shape index (κ3) is 6.78. The first kappa shape index (κ1) is 24.8. The molecule has 2 aromatic rings. The Bertz CT molecular complexity index is 893. The quantitative estimate of drug-likeness (QED) is 0.518. The highest BCUT2D eigenvalue weighted by Gasteiger charge is 2.16. The van der Waals surface area contributed by atoms with E-state index in [0.29, 0.717) is 47.5 Å². The van der Waals surface area contributed by atoms with E-state index in [1.165, 1.54) is 21.3 Å². The van der Waals surface area contributed by atoms with Gasteiger partial charge >= 0.3 is 0 Å². The van der Waals surface area contributed by atoms with Crippen molar-refractivity contribution < 1.29 is 28.5 Å². The lowest BCUT2D eigenvalue weighted by Crippen LogP contribution is -2.35. The summed E-state index contributed by atoms with van der Waals surface area (Å²) < 4.78 is 21.2. The summed E-state index contributed by atoms with van der Waals surface area (Å²) in [5, 5.41) is 5.68. The average molecular weight is 446 g/mol. The monoisotopic (exact) mass is 445 g/mol. The molecule has 9 nitrogen and oxygen atoms in total. The Morgan fingerprint density at radius 1 is 0.844 bits per heavy atom. The predicted molar refractivity (Wildman–Crippen MR) is 123 cm³/mol. The van der Waals surface area contributed by atoms with Gasteiger partial charge in [-0.05, 0) is 18.7 Å². The smallest absolute Gasteiger partial charge is 0.238 e. The van der Waals surface area contributed by atoms with Gasteiger partial charge in [0.15, 0.2) is 11.5 Å². The minimum absolute atomic E-state index is 0.159. The van der Waals surface area contributed by atoms with Crippen LogP contribution in [-0.4, -0.2) is 64.8 Å². The normalized spacial score (nSPS) is 10.4. The van der Waals surface area contributed by atoms with Gasteiger partial charge in [0, 0.05) is 30.8 Å². The van der Waals surface area contributed by atoms with Crippen molar-refractivity contribution >= 4 is 23.2 Å². The van der Waals surface area contributed by atoms with Gasteiger partial charge < -0.3 is 29.6 Å². The molecule has 0 aromatic heterocycles. The van der Waals surface area contributed by atoms with Crippen LogP contribution in [0.3, 0.4) is 0 Å². The number of para-hydroxylation sites is 2. The molecule has 0 unspecified atom stereocenters. The fourth-order valence-corrected chi connectivity index (χ4v) is 3.13. The SMILES string of the molecule is CCN(CCC(=O)Nc1cc(OC)c(OC)c(OC)c1)CC(=O)Nc1ccccc1OC. The molecule has 2 rings (SSSR count). The number of ether oxygens (including phenoxy) is 4. The van der Waals surface area contributed by atoms with Gasteiger partial charge in [0.05, 0.1) is 40.7 Å². The molecule has 0 bridgehead atoms. The van der Waals surface area contributed by atoms with E-state index >= 15 is 0 Å². The van der Waals surface area contributed by atoms with Crippen LogP contribution in [0.25, 0.3) is 0 Å². The predicted octanol–water partition coefficient (Wildman–Crippen LogP) is 3.01. The Morgan fingerprint density at radius 2 is 1.47 bits per heavy atom. The summed E-state index contributed by atoms with van der Waals surface area (Å²) >= 11 is 0. The Hall–Kier alpha value is -3.46. The third-order valence-electron chi connectivity index (χ3n) is 4.80. The first-order valence-electron chi connectivity index (χ1n) is 10.2. The van der Waals surface area contributed by atoms with Gasteiger partial charge in [0.2, 0.25) is 17.6 Å². The number of anilines is 2. The van der Waals surface area contributed by atoms with Crippen LogP contribution in [-0.2, 0) is 9.59 Å². The molecule has 0 radical (unpaired) electrons. The van der Waals surface area contributed by atoms with Crippen LogP contribution in [0.15, 0.2) is 36.4 Å².